The van der Waals surface area contributed by atoms with Crippen LogP contribution < -0.4 is 10.1 Å². The molecule has 1 heterocycles. The molecule has 0 fully saturated rings. The zero-order valence-electron chi connectivity index (χ0n) is 15.3. The molecule has 2 aromatic rings. The van der Waals surface area contributed by atoms with Gasteiger partial charge in [-0.1, -0.05) is 42.5 Å². The van der Waals surface area contributed by atoms with Gasteiger partial charge in [0.1, 0.15) is 18.4 Å². The summed E-state index contributed by atoms with van der Waals surface area (Å²) in [5.74, 6) is 0.371. The summed E-state index contributed by atoms with van der Waals surface area (Å²) in [5, 5.41) is 2.60. The minimum Gasteiger partial charge on any atom is -0.493 e. The first-order chi connectivity index (χ1) is 13.2. The van der Waals surface area contributed by atoms with Gasteiger partial charge in [0.25, 0.3) is 0 Å². The van der Waals surface area contributed by atoms with Crippen LogP contribution in [0.5, 0.6) is 5.75 Å². The first-order valence-electron chi connectivity index (χ1n) is 8.95. The normalized spacial score (nSPS) is 13.7. The number of carbonyl (C=O) groups is 2. The molecule has 0 saturated carbocycles. The lowest BCUT2D eigenvalue weighted by atomic mass is 9.99. The molecule has 142 valence electrons. The fourth-order valence-corrected chi connectivity index (χ4v) is 3.02. The van der Waals surface area contributed by atoms with E-state index < -0.39 is 18.1 Å². The molecule has 6 heteroatoms. The van der Waals surface area contributed by atoms with Crippen LogP contribution in [0.2, 0.25) is 0 Å². The molecule has 3 rings (SSSR count). The number of hydrogen-bond donors (Lipinski definition) is 1. The third-order valence-electron chi connectivity index (χ3n) is 4.40. The lowest BCUT2D eigenvalue weighted by Gasteiger charge is -2.20. The summed E-state index contributed by atoms with van der Waals surface area (Å²) in [6.45, 7) is 0.864. The molecule has 0 spiro atoms. The molecule has 1 atom stereocenters. The SMILES string of the molecule is COC(=O)[C@@H](Cc1ccc2c(c1)CCCO2)NC(=O)OCc1ccccc1. The number of rotatable bonds is 6. The van der Waals surface area contributed by atoms with E-state index in [4.69, 9.17) is 14.2 Å². The van der Waals surface area contributed by atoms with Crippen molar-refractivity contribution in [3.63, 3.8) is 0 Å². The van der Waals surface area contributed by atoms with Gasteiger partial charge in [-0.2, -0.15) is 0 Å². The van der Waals surface area contributed by atoms with Crippen molar-refractivity contribution in [2.24, 2.45) is 0 Å². The Balaban J connectivity index is 1.61. The van der Waals surface area contributed by atoms with Crippen molar-refractivity contribution >= 4 is 12.1 Å². The highest BCUT2D eigenvalue weighted by atomic mass is 16.6. The van der Waals surface area contributed by atoms with Crippen molar-refractivity contribution in [2.75, 3.05) is 13.7 Å². The number of fused-ring (bicyclic) bond motifs is 1. The van der Waals surface area contributed by atoms with Gasteiger partial charge in [-0.25, -0.2) is 9.59 Å². The van der Waals surface area contributed by atoms with Crippen LogP contribution in [0.4, 0.5) is 4.79 Å². The molecule has 27 heavy (non-hydrogen) atoms. The number of benzene rings is 2. The van der Waals surface area contributed by atoms with Gasteiger partial charge in [0.2, 0.25) is 0 Å². The summed E-state index contributed by atoms with van der Waals surface area (Å²) in [6, 6.07) is 14.4. The van der Waals surface area contributed by atoms with Gasteiger partial charge in [-0.3, -0.25) is 0 Å². The molecule has 0 bridgehead atoms. The lowest BCUT2D eigenvalue weighted by Crippen LogP contribution is -2.43. The fourth-order valence-electron chi connectivity index (χ4n) is 3.02. The minimum absolute atomic E-state index is 0.136. The summed E-state index contributed by atoms with van der Waals surface area (Å²) in [4.78, 5) is 24.2. The highest BCUT2D eigenvalue weighted by molar-refractivity contribution is 5.81. The summed E-state index contributed by atoms with van der Waals surface area (Å²) in [6.07, 6.45) is 1.58. The zero-order valence-corrected chi connectivity index (χ0v) is 15.3. The van der Waals surface area contributed by atoms with E-state index in [2.05, 4.69) is 5.32 Å². The maximum atomic E-state index is 12.1. The van der Waals surface area contributed by atoms with Crippen LogP contribution in [0.15, 0.2) is 48.5 Å². The van der Waals surface area contributed by atoms with Gasteiger partial charge in [0, 0.05) is 6.42 Å². The smallest absolute Gasteiger partial charge is 0.408 e. The van der Waals surface area contributed by atoms with Gasteiger partial charge in [-0.15, -0.1) is 0 Å². The Hall–Kier alpha value is -3.02. The Morgan fingerprint density at radius 2 is 1.96 bits per heavy atom. The average Bonchev–Trinajstić information content (AvgIpc) is 2.72. The second kappa shape index (κ2) is 9.07. The molecule has 0 unspecified atom stereocenters. The van der Waals surface area contributed by atoms with E-state index in [1.807, 2.05) is 48.5 Å². The van der Waals surface area contributed by atoms with Gasteiger partial charge >= 0.3 is 12.1 Å². The van der Waals surface area contributed by atoms with Crippen LogP contribution in [0.25, 0.3) is 0 Å². The number of hydrogen-bond acceptors (Lipinski definition) is 5. The average molecular weight is 369 g/mol. The molecular weight excluding hydrogens is 346 g/mol. The van der Waals surface area contributed by atoms with Crippen molar-refractivity contribution in [2.45, 2.75) is 31.9 Å². The second-order valence-corrected chi connectivity index (χ2v) is 6.38. The topological polar surface area (TPSA) is 73.9 Å². The molecule has 0 radical (unpaired) electrons. The van der Waals surface area contributed by atoms with E-state index in [1.54, 1.807) is 0 Å². The largest absolute Gasteiger partial charge is 0.493 e. The van der Waals surface area contributed by atoms with E-state index in [1.165, 1.54) is 7.11 Å². The van der Waals surface area contributed by atoms with Crippen LogP contribution >= 0.6 is 0 Å². The molecule has 1 amide bonds. The van der Waals surface area contributed by atoms with Gasteiger partial charge in [0.05, 0.1) is 13.7 Å². The van der Waals surface area contributed by atoms with E-state index in [0.29, 0.717) is 6.42 Å². The van der Waals surface area contributed by atoms with E-state index >= 15 is 0 Å². The molecule has 2 aromatic carbocycles. The number of methoxy groups -OCH3 is 1. The van der Waals surface area contributed by atoms with Crippen LogP contribution in [-0.2, 0) is 33.7 Å². The van der Waals surface area contributed by atoms with Crippen molar-refractivity contribution in [3.8, 4) is 5.75 Å². The summed E-state index contributed by atoms with van der Waals surface area (Å²) in [5.41, 5.74) is 2.92. The number of esters is 1. The highest BCUT2D eigenvalue weighted by Gasteiger charge is 2.23. The Morgan fingerprint density at radius 1 is 1.15 bits per heavy atom. The maximum Gasteiger partial charge on any atom is 0.408 e. The molecule has 1 aliphatic rings. The number of ether oxygens (including phenoxy) is 3. The van der Waals surface area contributed by atoms with E-state index in [-0.39, 0.29) is 6.61 Å². The van der Waals surface area contributed by atoms with E-state index in [9.17, 15) is 9.59 Å². The molecule has 1 N–H and O–H groups in total. The summed E-state index contributed by atoms with van der Waals surface area (Å²) < 4.78 is 15.6. The minimum atomic E-state index is -0.819. The molecule has 0 aliphatic carbocycles. The molecule has 1 aliphatic heterocycles. The first-order valence-corrected chi connectivity index (χ1v) is 8.95. The Bertz CT molecular complexity index is 790. The Morgan fingerprint density at radius 3 is 2.74 bits per heavy atom. The van der Waals surface area contributed by atoms with Crippen LogP contribution in [-0.4, -0.2) is 31.8 Å². The van der Waals surface area contributed by atoms with Gasteiger partial charge in [0.15, 0.2) is 0 Å². The number of amides is 1. The molecular formula is C21H23NO5. The monoisotopic (exact) mass is 369 g/mol. The number of nitrogens with one attached hydrogen (secondary N) is 1. The van der Waals surface area contributed by atoms with Crippen LogP contribution in [0.3, 0.4) is 0 Å². The third kappa shape index (κ3) is 5.23. The first kappa shape index (κ1) is 18.8. The standard InChI is InChI=1S/C21H23NO5/c1-25-20(23)18(22-21(24)27-14-15-6-3-2-4-7-15)13-16-9-10-19-17(12-16)8-5-11-26-19/h2-4,6-7,9-10,12,18H,5,8,11,13-14H2,1H3,(H,22,24)/t18-/m1/s1. The molecule has 6 nitrogen and oxygen atoms in total. The zero-order chi connectivity index (χ0) is 19.1. The lowest BCUT2D eigenvalue weighted by molar-refractivity contribution is -0.143. The van der Waals surface area contributed by atoms with Crippen LogP contribution in [0.1, 0.15) is 23.1 Å². The number of aryl methyl sites for hydroxylation is 1. The second-order valence-electron chi connectivity index (χ2n) is 6.38. The van der Waals surface area contributed by atoms with Crippen molar-refractivity contribution in [1.29, 1.82) is 0 Å². The van der Waals surface area contributed by atoms with Crippen molar-refractivity contribution in [1.82, 2.24) is 5.32 Å². The Labute approximate surface area is 158 Å². The van der Waals surface area contributed by atoms with Crippen molar-refractivity contribution in [3.05, 3.63) is 65.2 Å². The Kier molecular flexibility index (Phi) is 6.30. The van der Waals surface area contributed by atoms with Crippen LogP contribution in [0, 0.1) is 0 Å². The van der Waals surface area contributed by atoms with Gasteiger partial charge < -0.3 is 19.5 Å². The van der Waals surface area contributed by atoms with E-state index in [0.717, 1.165) is 41.9 Å². The highest BCUT2D eigenvalue weighted by Crippen LogP contribution is 2.26. The van der Waals surface area contributed by atoms with Crippen molar-refractivity contribution < 1.29 is 23.8 Å². The quantitative estimate of drug-likeness (QED) is 0.793. The predicted octanol–water partition coefficient (Wildman–Crippen LogP) is 3.02. The number of alkyl carbamates (subject to hydrolysis) is 1. The predicted molar refractivity (Wildman–Crippen MR) is 99.5 cm³/mol. The third-order valence-corrected chi connectivity index (χ3v) is 4.40. The fraction of sp³-hybridized carbons (Fsp3) is 0.333. The van der Waals surface area contributed by atoms with Gasteiger partial charge in [-0.05, 0) is 35.6 Å². The number of carbonyl (C=O) groups excluding carboxylic acids is 2. The summed E-state index contributed by atoms with van der Waals surface area (Å²) >= 11 is 0. The molecule has 0 aromatic heterocycles. The summed E-state index contributed by atoms with van der Waals surface area (Å²) in [7, 11) is 1.30. The maximum absolute atomic E-state index is 12.1. The molecule has 0 saturated heterocycles.